The first-order valence-electron chi connectivity index (χ1n) is 6.23. The van der Waals surface area contributed by atoms with E-state index >= 15 is 0 Å². The second-order valence-electron chi connectivity index (χ2n) is 4.63. The second kappa shape index (κ2) is 6.41. The highest BCUT2D eigenvalue weighted by molar-refractivity contribution is 6.33. The summed E-state index contributed by atoms with van der Waals surface area (Å²) in [5.41, 5.74) is 0.866. The molecule has 1 heterocycles. The molecule has 2 aromatic rings. The number of nitrogens with one attached hydrogen (secondary N) is 1. The van der Waals surface area contributed by atoms with Crippen LogP contribution in [0.1, 0.15) is 22.8 Å². The summed E-state index contributed by atoms with van der Waals surface area (Å²) in [5, 5.41) is 13.7. The van der Waals surface area contributed by atoms with Gasteiger partial charge in [-0.1, -0.05) is 11.6 Å². The molecule has 1 aromatic heterocycles. The predicted molar refractivity (Wildman–Crippen MR) is 77.4 cm³/mol. The first-order chi connectivity index (χ1) is 9.97. The number of carbonyl (C=O) groups excluding carboxylic acids is 1. The van der Waals surface area contributed by atoms with Crippen molar-refractivity contribution in [3.8, 4) is 0 Å². The van der Waals surface area contributed by atoms with Crippen LogP contribution in [0.15, 0.2) is 41.2 Å². The Labute approximate surface area is 125 Å². The van der Waals surface area contributed by atoms with Gasteiger partial charge < -0.3 is 9.73 Å². The van der Waals surface area contributed by atoms with Gasteiger partial charge in [0, 0.05) is 18.2 Å². The standard InChI is InChI=1S/C14H13ClN2O4/c1-9(6-10-4-5-21-8-10)16-14(18)12-7-11(17(19)20)2-3-13(12)15/h2-5,7-9H,6H2,1H3,(H,16,18). The monoisotopic (exact) mass is 308 g/mol. The van der Waals surface area contributed by atoms with E-state index in [9.17, 15) is 14.9 Å². The molecule has 0 aliphatic carbocycles. The highest BCUT2D eigenvalue weighted by atomic mass is 35.5. The molecule has 0 spiro atoms. The van der Waals surface area contributed by atoms with Crippen molar-refractivity contribution < 1.29 is 14.1 Å². The van der Waals surface area contributed by atoms with E-state index in [1.54, 1.807) is 12.5 Å². The molecule has 0 radical (unpaired) electrons. The lowest BCUT2D eigenvalue weighted by Crippen LogP contribution is -2.34. The SMILES string of the molecule is CC(Cc1ccoc1)NC(=O)c1cc([N+](=O)[O-])ccc1Cl. The smallest absolute Gasteiger partial charge is 0.270 e. The van der Waals surface area contributed by atoms with Gasteiger partial charge in [0.2, 0.25) is 0 Å². The van der Waals surface area contributed by atoms with Gasteiger partial charge in [0.1, 0.15) is 0 Å². The Morgan fingerprint density at radius 2 is 2.24 bits per heavy atom. The number of non-ortho nitro benzene ring substituents is 1. The van der Waals surface area contributed by atoms with Crippen molar-refractivity contribution in [3.05, 3.63) is 63.1 Å². The van der Waals surface area contributed by atoms with Crippen molar-refractivity contribution in [2.45, 2.75) is 19.4 Å². The third-order valence-electron chi connectivity index (χ3n) is 2.90. The van der Waals surface area contributed by atoms with Gasteiger partial charge in [0.15, 0.2) is 0 Å². The van der Waals surface area contributed by atoms with Crippen LogP contribution in [0.4, 0.5) is 5.69 Å². The summed E-state index contributed by atoms with van der Waals surface area (Å²) in [6.45, 7) is 1.83. The maximum atomic E-state index is 12.1. The molecule has 0 aliphatic heterocycles. The number of furan rings is 1. The molecule has 7 heteroatoms. The number of halogens is 1. The predicted octanol–water partition coefficient (Wildman–Crippen LogP) is 3.20. The third kappa shape index (κ3) is 3.82. The zero-order valence-electron chi connectivity index (χ0n) is 11.2. The highest BCUT2D eigenvalue weighted by Crippen LogP contribution is 2.22. The minimum Gasteiger partial charge on any atom is -0.472 e. The van der Waals surface area contributed by atoms with E-state index in [0.29, 0.717) is 6.42 Å². The Bertz CT molecular complexity index is 655. The Morgan fingerprint density at radius 3 is 2.86 bits per heavy atom. The fourth-order valence-electron chi connectivity index (χ4n) is 1.92. The molecule has 6 nitrogen and oxygen atoms in total. The molecule has 1 amide bonds. The Hall–Kier alpha value is -2.34. The molecule has 110 valence electrons. The van der Waals surface area contributed by atoms with Crippen LogP contribution in [0.3, 0.4) is 0 Å². The molecule has 1 aromatic carbocycles. The van der Waals surface area contributed by atoms with Crippen LogP contribution < -0.4 is 5.32 Å². The van der Waals surface area contributed by atoms with Crippen molar-refractivity contribution in [2.24, 2.45) is 0 Å². The Kier molecular flexibility index (Phi) is 4.59. The van der Waals surface area contributed by atoms with Crippen LogP contribution in [-0.2, 0) is 6.42 Å². The van der Waals surface area contributed by atoms with Crippen LogP contribution in [0.5, 0.6) is 0 Å². The van der Waals surface area contributed by atoms with E-state index in [1.165, 1.54) is 18.2 Å². The lowest BCUT2D eigenvalue weighted by atomic mass is 10.1. The van der Waals surface area contributed by atoms with Crippen LogP contribution in [0.2, 0.25) is 5.02 Å². The molecular formula is C14H13ClN2O4. The van der Waals surface area contributed by atoms with E-state index in [4.69, 9.17) is 16.0 Å². The molecule has 0 fully saturated rings. The fourth-order valence-corrected chi connectivity index (χ4v) is 2.12. The molecule has 0 bridgehead atoms. The molecule has 1 unspecified atom stereocenters. The number of hydrogen-bond acceptors (Lipinski definition) is 4. The molecule has 1 atom stereocenters. The van der Waals surface area contributed by atoms with Gasteiger partial charge in [0.05, 0.1) is 28.0 Å². The van der Waals surface area contributed by atoms with Crippen molar-refractivity contribution in [2.75, 3.05) is 0 Å². The fraction of sp³-hybridized carbons (Fsp3) is 0.214. The first kappa shape index (κ1) is 15.1. The van der Waals surface area contributed by atoms with Crippen LogP contribution >= 0.6 is 11.6 Å². The summed E-state index contributed by atoms with van der Waals surface area (Å²) < 4.78 is 4.96. The van der Waals surface area contributed by atoms with E-state index in [0.717, 1.165) is 5.56 Å². The first-order valence-corrected chi connectivity index (χ1v) is 6.61. The van der Waals surface area contributed by atoms with Crippen molar-refractivity contribution >= 4 is 23.2 Å². The van der Waals surface area contributed by atoms with E-state index in [-0.39, 0.29) is 22.3 Å². The van der Waals surface area contributed by atoms with E-state index in [1.807, 2.05) is 13.0 Å². The summed E-state index contributed by atoms with van der Waals surface area (Å²) in [7, 11) is 0. The third-order valence-corrected chi connectivity index (χ3v) is 3.23. The lowest BCUT2D eigenvalue weighted by molar-refractivity contribution is -0.384. The van der Waals surface area contributed by atoms with Gasteiger partial charge in [-0.05, 0) is 31.0 Å². The molecule has 0 saturated carbocycles. The maximum absolute atomic E-state index is 12.1. The number of hydrogen-bond donors (Lipinski definition) is 1. The summed E-state index contributed by atoms with van der Waals surface area (Å²) in [6, 6.07) is 5.42. The number of amides is 1. The number of nitro groups is 1. The number of rotatable bonds is 5. The zero-order chi connectivity index (χ0) is 15.4. The highest BCUT2D eigenvalue weighted by Gasteiger charge is 2.17. The lowest BCUT2D eigenvalue weighted by Gasteiger charge is -2.13. The van der Waals surface area contributed by atoms with Crippen molar-refractivity contribution in [3.63, 3.8) is 0 Å². The van der Waals surface area contributed by atoms with E-state index in [2.05, 4.69) is 5.32 Å². The summed E-state index contributed by atoms with van der Waals surface area (Å²) in [5.74, 6) is -0.445. The van der Waals surface area contributed by atoms with Gasteiger partial charge in [-0.15, -0.1) is 0 Å². The second-order valence-corrected chi connectivity index (χ2v) is 5.04. The summed E-state index contributed by atoms with van der Waals surface area (Å²) in [6.07, 6.45) is 3.75. The molecular weight excluding hydrogens is 296 g/mol. The molecule has 1 N–H and O–H groups in total. The van der Waals surface area contributed by atoms with Gasteiger partial charge in [0.25, 0.3) is 11.6 Å². The van der Waals surface area contributed by atoms with Gasteiger partial charge in [-0.25, -0.2) is 0 Å². The minimum atomic E-state index is -0.567. The molecule has 0 aliphatic rings. The Morgan fingerprint density at radius 1 is 1.48 bits per heavy atom. The van der Waals surface area contributed by atoms with E-state index < -0.39 is 10.8 Å². The number of carbonyl (C=O) groups is 1. The largest absolute Gasteiger partial charge is 0.472 e. The topological polar surface area (TPSA) is 85.4 Å². The maximum Gasteiger partial charge on any atom is 0.270 e. The van der Waals surface area contributed by atoms with Gasteiger partial charge >= 0.3 is 0 Å². The quantitative estimate of drug-likeness (QED) is 0.679. The van der Waals surface area contributed by atoms with Crippen molar-refractivity contribution in [1.29, 1.82) is 0 Å². The Balaban J connectivity index is 2.09. The summed E-state index contributed by atoms with van der Waals surface area (Å²) >= 11 is 5.92. The molecule has 21 heavy (non-hydrogen) atoms. The summed E-state index contributed by atoms with van der Waals surface area (Å²) in [4.78, 5) is 22.3. The minimum absolute atomic E-state index is 0.0879. The van der Waals surface area contributed by atoms with Crippen LogP contribution in [0.25, 0.3) is 0 Å². The molecule has 2 rings (SSSR count). The zero-order valence-corrected chi connectivity index (χ0v) is 12.0. The normalized spacial score (nSPS) is 11.9. The average molecular weight is 309 g/mol. The van der Waals surface area contributed by atoms with Gasteiger partial charge in [-0.3, -0.25) is 14.9 Å². The van der Waals surface area contributed by atoms with Crippen LogP contribution in [0, 0.1) is 10.1 Å². The molecule has 0 saturated heterocycles. The van der Waals surface area contributed by atoms with Crippen molar-refractivity contribution in [1.82, 2.24) is 5.32 Å². The van der Waals surface area contributed by atoms with Crippen LogP contribution in [-0.4, -0.2) is 16.9 Å². The number of nitro benzene ring substituents is 1. The number of benzene rings is 1. The average Bonchev–Trinajstić information content (AvgIpc) is 2.91. The van der Waals surface area contributed by atoms with Gasteiger partial charge in [-0.2, -0.15) is 0 Å². The number of nitrogens with zero attached hydrogens (tertiary/aromatic N) is 1.